The summed E-state index contributed by atoms with van der Waals surface area (Å²) in [6.07, 6.45) is 0. The first-order chi connectivity index (χ1) is 10.2. The lowest BCUT2D eigenvalue weighted by molar-refractivity contribution is 0.102. The summed E-state index contributed by atoms with van der Waals surface area (Å²) < 4.78 is 4.90. The van der Waals surface area contributed by atoms with E-state index in [4.69, 9.17) is 16.0 Å². The van der Waals surface area contributed by atoms with Crippen molar-refractivity contribution >= 4 is 34.3 Å². The Hall–Kier alpha value is -2.53. The van der Waals surface area contributed by atoms with Crippen LogP contribution in [0.2, 0.25) is 0 Å². The van der Waals surface area contributed by atoms with Crippen LogP contribution in [0.5, 0.6) is 0 Å². The molecular weight excluding hydrogens is 292 g/mol. The SMILES string of the molecule is O=C(Nc1ccc2oc(=O)[nH]c2c1)c1ccc(CCl)cc1. The van der Waals surface area contributed by atoms with Gasteiger partial charge in [0.1, 0.15) is 0 Å². The summed E-state index contributed by atoms with van der Waals surface area (Å²) >= 11 is 5.71. The topological polar surface area (TPSA) is 75.1 Å². The highest BCUT2D eigenvalue weighted by Crippen LogP contribution is 2.17. The number of halogens is 1. The van der Waals surface area contributed by atoms with Crippen LogP contribution in [0.15, 0.2) is 51.7 Å². The van der Waals surface area contributed by atoms with Crippen molar-refractivity contribution < 1.29 is 9.21 Å². The van der Waals surface area contributed by atoms with Crippen molar-refractivity contribution in [2.45, 2.75) is 5.88 Å². The molecule has 0 radical (unpaired) electrons. The van der Waals surface area contributed by atoms with Gasteiger partial charge in [-0.25, -0.2) is 4.79 Å². The number of fused-ring (bicyclic) bond motifs is 1. The van der Waals surface area contributed by atoms with Crippen LogP contribution in [-0.2, 0) is 5.88 Å². The van der Waals surface area contributed by atoms with E-state index < -0.39 is 5.76 Å². The summed E-state index contributed by atoms with van der Waals surface area (Å²) in [6, 6.07) is 12.0. The Morgan fingerprint density at radius 1 is 1.19 bits per heavy atom. The van der Waals surface area contributed by atoms with Gasteiger partial charge in [0, 0.05) is 17.1 Å². The molecule has 2 N–H and O–H groups in total. The van der Waals surface area contributed by atoms with Crippen molar-refractivity contribution in [3.05, 3.63) is 64.1 Å². The van der Waals surface area contributed by atoms with Crippen LogP contribution in [0.25, 0.3) is 11.1 Å². The minimum Gasteiger partial charge on any atom is -0.408 e. The number of oxazole rings is 1. The number of hydrogen-bond donors (Lipinski definition) is 2. The molecule has 5 nitrogen and oxygen atoms in total. The van der Waals surface area contributed by atoms with Crippen molar-refractivity contribution in [1.29, 1.82) is 0 Å². The van der Waals surface area contributed by atoms with Gasteiger partial charge in [-0.15, -0.1) is 11.6 Å². The van der Waals surface area contributed by atoms with Crippen LogP contribution in [0.1, 0.15) is 15.9 Å². The minimum atomic E-state index is -0.523. The van der Waals surface area contributed by atoms with Crippen molar-refractivity contribution in [1.82, 2.24) is 4.98 Å². The number of alkyl halides is 1. The molecular formula is C15H11ClN2O3. The Kier molecular flexibility index (Phi) is 3.50. The number of anilines is 1. The van der Waals surface area contributed by atoms with Gasteiger partial charge in [0.25, 0.3) is 5.91 Å². The van der Waals surface area contributed by atoms with Gasteiger partial charge in [-0.3, -0.25) is 9.78 Å². The number of H-pyrrole nitrogens is 1. The molecule has 2 aromatic carbocycles. The number of hydrogen-bond acceptors (Lipinski definition) is 3. The van der Waals surface area contributed by atoms with E-state index in [1.165, 1.54) is 0 Å². The molecule has 0 saturated carbocycles. The Bertz CT molecular complexity index is 849. The number of carbonyl (C=O) groups is 1. The van der Waals surface area contributed by atoms with E-state index in [1.807, 2.05) is 0 Å². The normalized spacial score (nSPS) is 10.7. The van der Waals surface area contributed by atoms with Gasteiger partial charge in [-0.05, 0) is 35.9 Å². The van der Waals surface area contributed by atoms with Gasteiger partial charge in [0.05, 0.1) is 5.52 Å². The Morgan fingerprint density at radius 3 is 2.67 bits per heavy atom. The fraction of sp³-hybridized carbons (Fsp3) is 0.0667. The lowest BCUT2D eigenvalue weighted by Gasteiger charge is -2.05. The van der Waals surface area contributed by atoms with E-state index in [2.05, 4.69) is 10.3 Å². The van der Waals surface area contributed by atoms with E-state index in [0.717, 1.165) is 5.56 Å². The van der Waals surface area contributed by atoms with Crippen LogP contribution < -0.4 is 11.1 Å². The first kappa shape index (κ1) is 13.5. The van der Waals surface area contributed by atoms with E-state index in [0.29, 0.717) is 28.2 Å². The molecule has 0 aliphatic rings. The summed E-state index contributed by atoms with van der Waals surface area (Å²) in [4.78, 5) is 25.7. The second-order valence-corrected chi connectivity index (χ2v) is 4.78. The number of aromatic nitrogens is 1. The zero-order chi connectivity index (χ0) is 14.8. The molecule has 0 unspecified atom stereocenters. The average Bonchev–Trinajstić information content (AvgIpc) is 2.86. The van der Waals surface area contributed by atoms with Gasteiger partial charge < -0.3 is 9.73 Å². The largest absolute Gasteiger partial charge is 0.417 e. The van der Waals surface area contributed by atoms with Crippen LogP contribution >= 0.6 is 11.6 Å². The van der Waals surface area contributed by atoms with Gasteiger partial charge in [0.15, 0.2) is 5.58 Å². The Labute approximate surface area is 124 Å². The van der Waals surface area contributed by atoms with Crippen molar-refractivity contribution in [2.24, 2.45) is 0 Å². The van der Waals surface area contributed by atoms with Crippen LogP contribution in [0, 0.1) is 0 Å². The molecule has 1 aromatic heterocycles. The van der Waals surface area contributed by atoms with Crippen molar-refractivity contribution in [2.75, 3.05) is 5.32 Å². The molecule has 106 valence electrons. The summed E-state index contributed by atoms with van der Waals surface area (Å²) in [5, 5.41) is 2.76. The van der Waals surface area contributed by atoms with Gasteiger partial charge in [0.2, 0.25) is 0 Å². The molecule has 0 fully saturated rings. The molecule has 3 aromatic rings. The molecule has 0 atom stereocenters. The molecule has 1 amide bonds. The molecule has 0 aliphatic carbocycles. The predicted octanol–water partition coefficient (Wildman–Crippen LogP) is 3.11. The molecule has 0 bridgehead atoms. The quantitative estimate of drug-likeness (QED) is 0.730. The predicted molar refractivity (Wildman–Crippen MR) is 80.8 cm³/mol. The second-order valence-electron chi connectivity index (χ2n) is 4.51. The fourth-order valence-electron chi connectivity index (χ4n) is 1.98. The van der Waals surface area contributed by atoms with Crippen molar-refractivity contribution in [3.8, 4) is 0 Å². The molecule has 0 aliphatic heterocycles. The molecule has 3 rings (SSSR count). The van der Waals surface area contributed by atoms with E-state index >= 15 is 0 Å². The minimum absolute atomic E-state index is 0.235. The van der Waals surface area contributed by atoms with Crippen molar-refractivity contribution in [3.63, 3.8) is 0 Å². The third-order valence-electron chi connectivity index (χ3n) is 3.05. The summed E-state index contributed by atoms with van der Waals surface area (Å²) in [5.74, 6) is -0.349. The Balaban J connectivity index is 1.82. The summed E-state index contributed by atoms with van der Waals surface area (Å²) in [7, 11) is 0. The number of amides is 1. The highest BCUT2D eigenvalue weighted by molar-refractivity contribution is 6.17. The number of benzene rings is 2. The highest BCUT2D eigenvalue weighted by Gasteiger charge is 2.08. The smallest absolute Gasteiger partial charge is 0.408 e. The highest BCUT2D eigenvalue weighted by atomic mass is 35.5. The maximum Gasteiger partial charge on any atom is 0.417 e. The fourth-order valence-corrected chi connectivity index (χ4v) is 2.16. The number of carbonyl (C=O) groups excluding carboxylic acids is 1. The van der Waals surface area contributed by atoms with E-state index in [1.54, 1.807) is 42.5 Å². The third-order valence-corrected chi connectivity index (χ3v) is 3.36. The van der Waals surface area contributed by atoms with Gasteiger partial charge in [-0.1, -0.05) is 12.1 Å². The first-order valence-electron chi connectivity index (χ1n) is 6.25. The second kappa shape index (κ2) is 5.46. The standard InChI is InChI=1S/C15H11ClN2O3/c16-8-9-1-3-10(4-2-9)14(19)17-11-5-6-13-12(7-11)18-15(20)21-13/h1-7H,8H2,(H,17,19)(H,18,20). The average molecular weight is 303 g/mol. The van der Waals surface area contributed by atoms with E-state index in [-0.39, 0.29) is 5.91 Å². The van der Waals surface area contributed by atoms with E-state index in [9.17, 15) is 9.59 Å². The Morgan fingerprint density at radius 2 is 1.95 bits per heavy atom. The molecule has 0 spiro atoms. The van der Waals surface area contributed by atoms with Crippen LogP contribution in [0.4, 0.5) is 5.69 Å². The maximum absolute atomic E-state index is 12.1. The summed E-state index contributed by atoms with van der Waals surface area (Å²) in [6.45, 7) is 0. The lowest BCUT2D eigenvalue weighted by Crippen LogP contribution is -2.11. The zero-order valence-corrected chi connectivity index (χ0v) is 11.6. The molecule has 0 saturated heterocycles. The lowest BCUT2D eigenvalue weighted by atomic mass is 10.1. The number of nitrogens with one attached hydrogen (secondary N) is 2. The molecule has 6 heteroatoms. The monoisotopic (exact) mass is 302 g/mol. The van der Waals surface area contributed by atoms with Gasteiger partial charge in [-0.2, -0.15) is 0 Å². The van der Waals surface area contributed by atoms with Crippen LogP contribution in [0.3, 0.4) is 0 Å². The van der Waals surface area contributed by atoms with Gasteiger partial charge >= 0.3 is 5.76 Å². The first-order valence-corrected chi connectivity index (χ1v) is 6.78. The molecule has 1 heterocycles. The van der Waals surface area contributed by atoms with Crippen LogP contribution in [-0.4, -0.2) is 10.9 Å². The zero-order valence-electron chi connectivity index (χ0n) is 10.9. The third kappa shape index (κ3) is 2.83. The summed E-state index contributed by atoms with van der Waals surface area (Å²) in [5.41, 5.74) is 3.04. The maximum atomic E-state index is 12.1. The number of rotatable bonds is 3. The molecule has 21 heavy (non-hydrogen) atoms. The number of aromatic amines is 1.